The van der Waals surface area contributed by atoms with Crippen LogP contribution in [-0.4, -0.2) is 30.3 Å². The van der Waals surface area contributed by atoms with Gasteiger partial charge in [0.15, 0.2) is 0 Å². The summed E-state index contributed by atoms with van der Waals surface area (Å²) in [5.74, 6) is 1.12. The minimum Gasteiger partial charge on any atom is -0.497 e. The fraction of sp³-hybridized carbons (Fsp3) is 0.154. The highest BCUT2D eigenvalue weighted by Crippen LogP contribution is 2.38. The number of methoxy groups -OCH3 is 2. The summed E-state index contributed by atoms with van der Waals surface area (Å²) >= 11 is 7.84. The summed E-state index contributed by atoms with van der Waals surface area (Å²) in [6.45, 7) is 0.224. The molecule has 0 atom stereocenters. The Bertz CT molecular complexity index is 1220. The maximum Gasteiger partial charge on any atom is 0.307 e. The maximum absolute atomic E-state index is 10.9. The van der Waals surface area contributed by atoms with Gasteiger partial charge in [0.2, 0.25) is 0 Å². The number of hydrogen-bond acceptors (Lipinski definition) is 6. The van der Waals surface area contributed by atoms with Gasteiger partial charge < -0.3 is 19.3 Å². The molecule has 0 amide bonds. The Kier molecular flexibility index (Phi) is 7.35. The van der Waals surface area contributed by atoms with E-state index in [4.69, 9.17) is 35.9 Å². The van der Waals surface area contributed by atoms with Crippen LogP contribution in [0, 0.1) is 0 Å². The molecule has 0 unspecified atom stereocenters. The van der Waals surface area contributed by atoms with Gasteiger partial charge in [-0.15, -0.1) is 11.3 Å². The number of benzene rings is 3. The number of aromatic nitrogens is 1. The number of hydrogen-bond donors (Lipinski definition) is 1. The zero-order valence-electron chi connectivity index (χ0n) is 18.6. The molecule has 4 aromatic rings. The third-order valence-electron chi connectivity index (χ3n) is 5.09. The van der Waals surface area contributed by atoms with E-state index in [2.05, 4.69) is 0 Å². The summed E-state index contributed by atoms with van der Waals surface area (Å²) in [7, 11) is 3.27. The van der Waals surface area contributed by atoms with E-state index in [9.17, 15) is 4.79 Å². The summed E-state index contributed by atoms with van der Waals surface area (Å²) in [4.78, 5) is 16.8. The molecule has 0 bridgehead atoms. The Labute approximate surface area is 206 Å². The summed E-state index contributed by atoms with van der Waals surface area (Å²) in [5, 5.41) is 10.1. The molecule has 6 nitrogen and oxygen atoms in total. The van der Waals surface area contributed by atoms with Gasteiger partial charge in [-0.05, 0) is 71.8 Å². The van der Waals surface area contributed by atoms with Gasteiger partial charge in [-0.3, -0.25) is 4.79 Å². The number of carbonyl (C=O) groups is 1. The lowest BCUT2D eigenvalue weighted by Crippen LogP contribution is -2.01. The molecule has 8 heteroatoms. The fourth-order valence-corrected chi connectivity index (χ4v) is 4.66. The second-order valence-electron chi connectivity index (χ2n) is 7.37. The molecule has 0 aliphatic heterocycles. The molecule has 0 aliphatic rings. The predicted molar refractivity (Wildman–Crippen MR) is 133 cm³/mol. The summed E-state index contributed by atoms with van der Waals surface area (Å²) in [6, 6.07) is 20.6. The van der Waals surface area contributed by atoms with Crippen molar-refractivity contribution in [2.24, 2.45) is 0 Å². The second-order valence-corrected chi connectivity index (χ2v) is 8.86. The van der Waals surface area contributed by atoms with Gasteiger partial charge in [0.05, 0.1) is 36.2 Å². The Morgan fingerprint density at radius 2 is 1.56 bits per heavy atom. The molecule has 0 fully saturated rings. The van der Waals surface area contributed by atoms with Crippen LogP contribution in [0.15, 0.2) is 66.7 Å². The highest BCUT2D eigenvalue weighted by Gasteiger charge is 2.16. The van der Waals surface area contributed by atoms with Crippen molar-refractivity contribution in [3.63, 3.8) is 0 Å². The van der Waals surface area contributed by atoms with Crippen LogP contribution in [0.5, 0.6) is 17.2 Å². The lowest BCUT2D eigenvalue weighted by molar-refractivity contribution is -0.136. The predicted octanol–water partition coefficient (Wildman–Crippen LogP) is 6.35. The van der Waals surface area contributed by atoms with Gasteiger partial charge in [0.25, 0.3) is 0 Å². The SMILES string of the molecule is COc1ccc(-c2nc(COc3ccc(CC(=O)O)cc3Cl)sc2-c2ccc(OC)cc2)cc1. The topological polar surface area (TPSA) is 77.9 Å². The van der Waals surface area contributed by atoms with Crippen LogP contribution in [0.1, 0.15) is 10.6 Å². The number of halogens is 1. The zero-order chi connectivity index (χ0) is 24.1. The molecule has 0 spiro atoms. The molecule has 3 aromatic carbocycles. The van der Waals surface area contributed by atoms with Crippen molar-refractivity contribution in [1.29, 1.82) is 0 Å². The van der Waals surface area contributed by atoms with Crippen LogP contribution in [0.2, 0.25) is 5.02 Å². The summed E-state index contributed by atoms with van der Waals surface area (Å²) in [5.41, 5.74) is 3.44. The van der Waals surface area contributed by atoms with E-state index in [1.54, 1.807) is 32.4 Å². The molecule has 34 heavy (non-hydrogen) atoms. The minimum absolute atomic E-state index is 0.0943. The highest BCUT2D eigenvalue weighted by atomic mass is 35.5. The maximum atomic E-state index is 10.9. The number of ether oxygens (including phenoxy) is 3. The van der Waals surface area contributed by atoms with Crippen LogP contribution >= 0.6 is 22.9 Å². The number of thiazole rings is 1. The molecule has 0 saturated carbocycles. The van der Waals surface area contributed by atoms with E-state index in [1.165, 1.54) is 11.3 Å². The van der Waals surface area contributed by atoms with Crippen molar-refractivity contribution >= 4 is 28.9 Å². The highest BCUT2D eigenvalue weighted by molar-refractivity contribution is 7.15. The van der Waals surface area contributed by atoms with Gasteiger partial charge in [0, 0.05) is 5.56 Å². The Morgan fingerprint density at radius 1 is 0.941 bits per heavy atom. The van der Waals surface area contributed by atoms with E-state index < -0.39 is 5.97 Å². The van der Waals surface area contributed by atoms with Crippen LogP contribution in [0.4, 0.5) is 0 Å². The van der Waals surface area contributed by atoms with Crippen molar-refractivity contribution in [3.8, 4) is 38.9 Å². The quantitative estimate of drug-likeness (QED) is 0.291. The number of aliphatic carboxylic acids is 1. The van der Waals surface area contributed by atoms with E-state index in [0.717, 1.165) is 38.2 Å². The molecule has 1 N–H and O–H groups in total. The molecule has 1 heterocycles. The van der Waals surface area contributed by atoms with Crippen LogP contribution < -0.4 is 14.2 Å². The standard InChI is InChI=1S/C26H22ClNO5S/c1-31-19-8-4-17(5-9-19)25-26(18-6-10-20(32-2)11-7-18)34-23(28-25)15-33-22-12-3-16(13-21(22)27)14-24(29)30/h3-13H,14-15H2,1-2H3,(H,29,30). The van der Waals surface area contributed by atoms with Crippen LogP contribution in [-0.2, 0) is 17.8 Å². The number of carboxylic acid groups (broad SMARTS) is 1. The Morgan fingerprint density at radius 3 is 2.12 bits per heavy atom. The zero-order valence-corrected chi connectivity index (χ0v) is 20.2. The third-order valence-corrected chi connectivity index (χ3v) is 6.46. The van der Waals surface area contributed by atoms with Crippen molar-refractivity contribution in [2.75, 3.05) is 14.2 Å². The molecule has 1 aromatic heterocycles. The van der Waals surface area contributed by atoms with Gasteiger partial charge in [0.1, 0.15) is 28.9 Å². The molecule has 174 valence electrons. The van der Waals surface area contributed by atoms with Gasteiger partial charge in [-0.1, -0.05) is 17.7 Å². The van der Waals surface area contributed by atoms with Gasteiger partial charge in [-0.25, -0.2) is 4.98 Å². The monoisotopic (exact) mass is 495 g/mol. The summed E-state index contributed by atoms with van der Waals surface area (Å²) < 4.78 is 16.5. The lowest BCUT2D eigenvalue weighted by Gasteiger charge is -2.07. The van der Waals surface area contributed by atoms with Crippen molar-refractivity contribution in [2.45, 2.75) is 13.0 Å². The molecular formula is C26H22ClNO5S. The normalized spacial score (nSPS) is 10.7. The van der Waals surface area contributed by atoms with Crippen LogP contribution in [0.25, 0.3) is 21.7 Å². The Balaban J connectivity index is 1.62. The van der Waals surface area contributed by atoms with Crippen molar-refractivity contribution < 1.29 is 24.1 Å². The average molecular weight is 496 g/mol. The molecular weight excluding hydrogens is 474 g/mol. The molecule has 0 saturated heterocycles. The van der Waals surface area contributed by atoms with Gasteiger partial charge >= 0.3 is 5.97 Å². The fourth-order valence-electron chi connectivity index (χ4n) is 3.39. The average Bonchev–Trinajstić information content (AvgIpc) is 3.27. The molecule has 0 aliphatic carbocycles. The van der Waals surface area contributed by atoms with E-state index >= 15 is 0 Å². The van der Waals surface area contributed by atoms with Gasteiger partial charge in [-0.2, -0.15) is 0 Å². The van der Waals surface area contributed by atoms with Crippen molar-refractivity contribution in [1.82, 2.24) is 4.98 Å². The first kappa shape index (κ1) is 23.6. The Hall–Kier alpha value is -3.55. The third kappa shape index (κ3) is 5.50. The number of carboxylic acids is 1. The largest absolute Gasteiger partial charge is 0.497 e. The first-order chi connectivity index (χ1) is 16.5. The smallest absolute Gasteiger partial charge is 0.307 e. The summed E-state index contributed by atoms with van der Waals surface area (Å²) in [6.07, 6.45) is -0.0943. The first-order valence-electron chi connectivity index (χ1n) is 10.4. The van der Waals surface area contributed by atoms with Crippen molar-refractivity contribution in [3.05, 3.63) is 82.3 Å². The number of rotatable bonds is 9. The lowest BCUT2D eigenvalue weighted by atomic mass is 10.1. The van der Waals surface area contributed by atoms with Crippen LogP contribution in [0.3, 0.4) is 0 Å². The first-order valence-corrected chi connectivity index (χ1v) is 11.6. The molecule has 0 radical (unpaired) electrons. The molecule has 4 rings (SSSR count). The minimum atomic E-state index is -0.912. The second kappa shape index (κ2) is 10.6. The van der Waals surface area contributed by atoms with E-state index in [-0.39, 0.29) is 13.0 Å². The van der Waals surface area contributed by atoms with E-state index in [0.29, 0.717) is 16.3 Å². The van der Waals surface area contributed by atoms with E-state index in [1.807, 2.05) is 48.5 Å². The number of nitrogens with zero attached hydrogens (tertiary/aromatic N) is 1.